The zero-order valence-electron chi connectivity index (χ0n) is 21.2. The standard InChI is InChI=1S/C25H25F4N3O3.C2H6/c1-15-12-18(3-5-20(15)25(27,28)29)31-23(34)32-9-7-24(26,8-10-32)22-16(2)11-17(13-30-22)21-6-4-19(14-33)35-21;1-2/h3-6,11-13,33H,7-10,14H2,1-2H3,(H,31,34);1-2H3. The molecule has 2 N–H and O–H groups in total. The van der Waals surface area contributed by atoms with Gasteiger partial charge in [-0.25, -0.2) is 9.18 Å². The Morgan fingerprint density at radius 3 is 2.32 bits per heavy atom. The van der Waals surface area contributed by atoms with Crippen LogP contribution in [0.1, 0.15) is 54.8 Å². The van der Waals surface area contributed by atoms with E-state index >= 15 is 4.39 Å². The third-order valence-electron chi connectivity index (χ3n) is 6.23. The highest BCUT2D eigenvalue weighted by Gasteiger charge is 2.40. The first-order valence-electron chi connectivity index (χ1n) is 12.1. The van der Waals surface area contributed by atoms with Crippen molar-refractivity contribution < 1.29 is 31.9 Å². The Morgan fingerprint density at radius 2 is 1.78 bits per heavy atom. The second kappa shape index (κ2) is 11.3. The molecule has 6 nitrogen and oxygen atoms in total. The van der Waals surface area contributed by atoms with Crippen molar-refractivity contribution in [3.63, 3.8) is 0 Å². The molecule has 3 heterocycles. The van der Waals surface area contributed by atoms with Gasteiger partial charge in [-0.1, -0.05) is 13.8 Å². The molecule has 0 aliphatic carbocycles. The first-order valence-corrected chi connectivity index (χ1v) is 12.1. The molecule has 0 atom stereocenters. The number of alkyl halides is 4. The highest BCUT2D eigenvalue weighted by molar-refractivity contribution is 5.89. The fourth-order valence-corrected chi connectivity index (χ4v) is 4.36. The number of carbonyl (C=O) groups is 1. The van der Waals surface area contributed by atoms with Gasteiger partial charge in [-0.15, -0.1) is 0 Å². The Bertz CT molecular complexity index is 1230. The molecular formula is C27H31F4N3O3. The van der Waals surface area contributed by atoms with Crippen LogP contribution in [0, 0.1) is 13.8 Å². The fourth-order valence-electron chi connectivity index (χ4n) is 4.36. The van der Waals surface area contributed by atoms with Crippen molar-refractivity contribution in [2.75, 3.05) is 18.4 Å². The number of pyridine rings is 1. The summed E-state index contributed by atoms with van der Waals surface area (Å²) in [6, 6.07) is 8.04. The molecule has 3 aromatic rings. The van der Waals surface area contributed by atoms with Crippen LogP contribution in [0.3, 0.4) is 0 Å². The topological polar surface area (TPSA) is 78.6 Å². The fraction of sp³-hybridized carbons (Fsp3) is 0.407. The van der Waals surface area contributed by atoms with Crippen LogP contribution in [0.5, 0.6) is 0 Å². The van der Waals surface area contributed by atoms with Crippen molar-refractivity contribution >= 4 is 11.7 Å². The number of aliphatic hydroxyl groups excluding tert-OH is 1. The van der Waals surface area contributed by atoms with Crippen LogP contribution in [-0.2, 0) is 18.5 Å². The number of likely N-dealkylation sites (tertiary alicyclic amines) is 1. The quantitative estimate of drug-likeness (QED) is 0.363. The Balaban J connectivity index is 0.00000186. The minimum absolute atomic E-state index is 0.00356. The summed E-state index contributed by atoms with van der Waals surface area (Å²) in [6.07, 6.45) is -2.87. The van der Waals surface area contributed by atoms with Crippen LogP contribution in [-0.4, -0.2) is 34.1 Å². The molecular weight excluding hydrogens is 490 g/mol. The molecule has 10 heteroatoms. The average molecular weight is 522 g/mol. The van der Waals surface area contributed by atoms with Gasteiger partial charge < -0.3 is 19.7 Å². The molecule has 1 saturated heterocycles. The third kappa shape index (κ3) is 6.30. The van der Waals surface area contributed by atoms with Crippen molar-refractivity contribution in [1.82, 2.24) is 9.88 Å². The number of rotatable bonds is 4. The van der Waals surface area contributed by atoms with Gasteiger partial charge in [0.1, 0.15) is 18.1 Å². The molecule has 1 aromatic carbocycles. The van der Waals surface area contributed by atoms with Gasteiger partial charge in [0.25, 0.3) is 0 Å². The molecule has 4 rings (SSSR count). The number of hydrogen-bond acceptors (Lipinski definition) is 4. The second-order valence-corrected chi connectivity index (χ2v) is 8.72. The van der Waals surface area contributed by atoms with Crippen molar-refractivity contribution in [1.29, 1.82) is 0 Å². The Labute approximate surface area is 213 Å². The van der Waals surface area contributed by atoms with Crippen LogP contribution < -0.4 is 5.32 Å². The van der Waals surface area contributed by atoms with E-state index in [2.05, 4.69) is 10.3 Å². The van der Waals surface area contributed by atoms with E-state index in [0.717, 1.165) is 6.07 Å². The van der Waals surface area contributed by atoms with E-state index in [1.807, 2.05) is 13.8 Å². The van der Waals surface area contributed by atoms with E-state index in [1.165, 1.54) is 30.2 Å². The highest BCUT2D eigenvalue weighted by atomic mass is 19.4. The molecule has 1 aliphatic heterocycles. The predicted molar refractivity (Wildman–Crippen MR) is 133 cm³/mol. The largest absolute Gasteiger partial charge is 0.459 e. The minimum Gasteiger partial charge on any atom is -0.459 e. The Morgan fingerprint density at radius 1 is 1.11 bits per heavy atom. The molecule has 0 spiro atoms. The van der Waals surface area contributed by atoms with Crippen LogP contribution in [0.25, 0.3) is 11.3 Å². The van der Waals surface area contributed by atoms with Gasteiger partial charge >= 0.3 is 12.2 Å². The van der Waals surface area contributed by atoms with Crippen LogP contribution in [0.2, 0.25) is 0 Å². The van der Waals surface area contributed by atoms with Crippen LogP contribution in [0.15, 0.2) is 47.0 Å². The smallest absolute Gasteiger partial charge is 0.416 e. The van der Waals surface area contributed by atoms with Crippen molar-refractivity contribution in [3.8, 4) is 11.3 Å². The number of halogens is 4. The number of benzene rings is 1. The summed E-state index contributed by atoms with van der Waals surface area (Å²) in [4.78, 5) is 18.4. The third-order valence-corrected chi connectivity index (χ3v) is 6.23. The summed E-state index contributed by atoms with van der Waals surface area (Å²) in [7, 11) is 0. The molecule has 0 radical (unpaired) electrons. The second-order valence-electron chi connectivity index (χ2n) is 8.72. The number of urea groups is 1. The molecule has 0 bridgehead atoms. The van der Waals surface area contributed by atoms with Gasteiger partial charge in [0.15, 0.2) is 5.67 Å². The first-order chi connectivity index (χ1) is 17.5. The maximum absolute atomic E-state index is 15.8. The zero-order valence-corrected chi connectivity index (χ0v) is 21.2. The number of nitrogens with one attached hydrogen (secondary N) is 1. The van der Waals surface area contributed by atoms with E-state index < -0.39 is 23.4 Å². The van der Waals surface area contributed by atoms with Crippen molar-refractivity contribution in [2.45, 2.75) is 59.0 Å². The van der Waals surface area contributed by atoms with Crippen LogP contribution >= 0.6 is 0 Å². The summed E-state index contributed by atoms with van der Waals surface area (Å²) in [6.45, 7) is 7.12. The lowest BCUT2D eigenvalue weighted by Crippen LogP contribution is -2.45. The SMILES string of the molecule is CC.Cc1cc(NC(=O)N2CCC(F)(c3ncc(-c4ccc(CO)o4)cc3C)CC2)ccc1C(F)(F)F. The highest BCUT2D eigenvalue weighted by Crippen LogP contribution is 2.39. The van der Waals surface area contributed by atoms with Gasteiger partial charge in [0.2, 0.25) is 0 Å². The number of anilines is 1. The molecule has 2 amide bonds. The van der Waals surface area contributed by atoms with E-state index in [1.54, 1.807) is 25.1 Å². The molecule has 1 aliphatic rings. The van der Waals surface area contributed by atoms with E-state index in [-0.39, 0.29) is 43.8 Å². The summed E-state index contributed by atoms with van der Waals surface area (Å²) < 4.78 is 60.2. The number of nitrogens with zero attached hydrogens (tertiary/aromatic N) is 2. The van der Waals surface area contributed by atoms with E-state index in [9.17, 15) is 18.0 Å². The molecule has 1 fully saturated rings. The molecule has 0 unspecified atom stereocenters. The summed E-state index contributed by atoms with van der Waals surface area (Å²) in [5, 5.41) is 11.8. The Kier molecular flexibility index (Phi) is 8.63. The number of hydrogen-bond donors (Lipinski definition) is 2. The lowest BCUT2D eigenvalue weighted by Gasteiger charge is -2.36. The number of amides is 2. The first kappa shape index (κ1) is 28.2. The lowest BCUT2D eigenvalue weighted by atomic mass is 9.87. The van der Waals surface area contributed by atoms with Gasteiger partial charge in [0.05, 0.1) is 11.3 Å². The van der Waals surface area contributed by atoms with Crippen LogP contribution in [0.4, 0.5) is 28.0 Å². The molecule has 2 aromatic heterocycles. The molecule has 0 saturated carbocycles. The summed E-state index contributed by atoms with van der Waals surface area (Å²) in [5.74, 6) is 0.940. The van der Waals surface area contributed by atoms with Gasteiger partial charge in [-0.2, -0.15) is 13.2 Å². The number of furan rings is 1. The van der Waals surface area contributed by atoms with E-state index in [4.69, 9.17) is 9.52 Å². The zero-order chi connectivity index (χ0) is 27.4. The summed E-state index contributed by atoms with van der Waals surface area (Å²) >= 11 is 0. The van der Waals surface area contributed by atoms with Gasteiger partial charge in [-0.3, -0.25) is 4.98 Å². The number of aliphatic hydroxyl groups is 1. The maximum atomic E-state index is 15.8. The van der Waals surface area contributed by atoms with Gasteiger partial charge in [-0.05, 0) is 61.4 Å². The average Bonchev–Trinajstić information content (AvgIpc) is 3.34. The maximum Gasteiger partial charge on any atom is 0.416 e. The normalized spacial score (nSPS) is 15.1. The molecule has 37 heavy (non-hydrogen) atoms. The monoisotopic (exact) mass is 521 g/mol. The number of carbonyl (C=O) groups excluding carboxylic acids is 1. The summed E-state index contributed by atoms with van der Waals surface area (Å²) in [5.41, 5.74) is -0.622. The minimum atomic E-state index is -4.46. The number of piperidine rings is 1. The van der Waals surface area contributed by atoms with E-state index in [0.29, 0.717) is 28.3 Å². The number of aromatic nitrogens is 1. The van der Waals surface area contributed by atoms with Gasteiger partial charge in [0, 0.05) is 43.4 Å². The lowest BCUT2D eigenvalue weighted by molar-refractivity contribution is -0.138. The van der Waals surface area contributed by atoms with Crippen molar-refractivity contribution in [2.24, 2.45) is 0 Å². The number of aryl methyl sites for hydroxylation is 2. The Hall–Kier alpha value is -3.40. The van der Waals surface area contributed by atoms with Crippen molar-refractivity contribution in [3.05, 3.63) is 70.7 Å². The predicted octanol–water partition coefficient (Wildman–Crippen LogP) is 6.99. The molecule has 200 valence electrons.